The summed E-state index contributed by atoms with van der Waals surface area (Å²) >= 11 is 0. The van der Waals surface area contributed by atoms with Crippen LogP contribution in [-0.2, 0) is 9.53 Å². The fraction of sp³-hybridized carbons (Fsp3) is 0.294. The lowest BCUT2D eigenvalue weighted by molar-refractivity contribution is -0.114. The summed E-state index contributed by atoms with van der Waals surface area (Å²) in [6.45, 7) is 4.23. The van der Waals surface area contributed by atoms with E-state index >= 15 is 0 Å². The lowest BCUT2D eigenvalue weighted by atomic mass is 10.2. The number of rotatable bonds is 3. The van der Waals surface area contributed by atoms with Crippen molar-refractivity contribution in [2.45, 2.75) is 6.92 Å². The molecule has 4 rings (SSSR count). The first kappa shape index (κ1) is 16.3. The summed E-state index contributed by atoms with van der Waals surface area (Å²) in [7, 11) is 0. The zero-order valence-electron chi connectivity index (χ0n) is 14.3. The highest BCUT2D eigenvalue weighted by Crippen LogP contribution is 2.25. The zero-order chi connectivity index (χ0) is 18.1. The average molecular weight is 353 g/mol. The summed E-state index contributed by atoms with van der Waals surface area (Å²) < 4.78 is 7.22. The van der Waals surface area contributed by atoms with Gasteiger partial charge in [-0.2, -0.15) is 0 Å². The van der Waals surface area contributed by atoms with Gasteiger partial charge in [0.25, 0.3) is 0 Å². The number of nitrogens with zero attached hydrogens (tertiary/aromatic N) is 5. The summed E-state index contributed by atoms with van der Waals surface area (Å²) in [6.07, 6.45) is 5.32. The number of carbonyl (C=O) groups excluding carboxylic acids is 1. The average Bonchev–Trinajstić information content (AvgIpc) is 3.03. The molecule has 0 saturated carbocycles. The number of morpholine rings is 1. The number of pyridine rings is 1. The monoisotopic (exact) mass is 353 g/mol. The molecule has 1 fully saturated rings. The minimum absolute atomic E-state index is 0.159. The molecule has 9 heteroatoms. The van der Waals surface area contributed by atoms with E-state index in [1.807, 2.05) is 22.7 Å². The van der Waals surface area contributed by atoms with Crippen LogP contribution < -0.4 is 16.0 Å². The maximum atomic E-state index is 11.2. The van der Waals surface area contributed by atoms with Gasteiger partial charge in [0.15, 0.2) is 17.5 Å². The Morgan fingerprint density at radius 3 is 2.81 bits per heavy atom. The minimum Gasteiger partial charge on any atom is -0.381 e. The second-order valence-electron chi connectivity index (χ2n) is 6.05. The number of carbonyl (C=O) groups is 1. The van der Waals surface area contributed by atoms with Crippen molar-refractivity contribution in [2.24, 2.45) is 0 Å². The maximum absolute atomic E-state index is 11.2. The molecule has 1 amide bonds. The van der Waals surface area contributed by atoms with Gasteiger partial charge in [-0.05, 0) is 12.1 Å². The van der Waals surface area contributed by atoms with Crippen LogP contribution in [0.1, 0.15) is 6.92 Å². The van der Waals surface area contributed by atoms with Gasteiger partial charge >= 0.3 is 0 Å². The van der Waals surface area contributed by atoms with E-state index in [-0.39, 0.29) is 5.91 Å². The first-order valence-corrected chi connectivity index (χ1v) is 8.32. The Bertz CT molecular complexity index is 963. The van der Waals surface area contributed by atoms with Crippen molar-refractivity contribution in [2.75, 3.05) is 42.3 Å². The molecule has 0 aromatic carbocycles. The quantitative estimate of drug-likeness (QED) is 0.727. The molecule has 0 radical (unpaired) electrons. The highest BCUT2D eigenvalue weighted by molar-refractivity contribution is 5.87. The van der Waals surface area contributed by atoms with Crippen LogP contribution in [0.3, 0.4) is 0 Å². The smallest absolute Gasteiger partial charge is 0.222 e. The molecule has 26 heavy (non-hydrogen) atoms. The first-order chi connectivity index (χ1) is 12.6. The number of hydrogen-bond donors (Lipinski definition) is 2. The van der Waals surface area contributed by atoms with Crippen LogP contribution in [0.25, 0.3) is 16.9 Å². The molecular formula is C17H19N7O2. The first-order valence-electron chi connectivity index (χ1n) is 8.32. The van der Waals surface area contributed by atoms with Crippen molar-refractivity contribution in [3.05, 3.63) is 30.7 Å². The number of imidazole rings is 1. The van der Waals surface area contributed by atoms with Gasteiger partial charge in [0.1, 0.15) is 5.65 Å². The van der Waals surface area contributed by atoms with Crippen LogP contribution in [0.5, 0.6) is 0 Å². The largest absolute Gasteiger partial charge is 0.381 e. The minimum atomic E-state index is -0.159. The van der Waals surface area contributed by atoms with E-state index in [0.29, 0.717) is 30.7 Å². The number of amides is 1. The molecule has 1 saturated heterocycles. The van der Waals surface area contributed by atoms with Gasteiger partial charge in [0, 0.05) is 31.8 Å². The normalized spacial score (nSPS) is 14.6. The lowest BCUT2D eigenvalue weighted by Crippen LogP contribution is -2.37. The van der Waals surface area contributed by atoms with E-state index < -0.39 is 0 Å². The summed E-state index contributed by atoms with van der Waals surface area (Å²) in [4.78, 5) is 26.6. The summed E-state index contributed by atoms with van der Waals surface area (Å²) in [5.41, 5.74) is 8.36. The van der Waals surface area contributed by atoms with Gasteiger partial charge in [-0.1, -0.05) is 0 Å². The van der Waals surface area contributed by atoms with E-state index in [1.165, 1.54) is 6.92 Å². The molecule has 0 unspecified atom stereocenters. The van der Waals surface area contributed by atoms with Gasteiger partial charge in [0.05, 0.1) is 31.3 Å². The number of nitrogen functional groups attached to an aromatic ring is 1. The molecule has 3 aromatic rings. The van der Waals surface area contributed by atoms with E-state index in [9.17, 15) is 4.79 Å². The Morgan fingerprint density at radius 1 is 1.23 bits per heavy atom. The molecule has 0 aliphatic carbocycles. The number of aromatic nitrogens is 4. The second kappa shape index (κ2) is 6.60. The molecule has 4 heterocycles. The molecule has 134 valence electrons. The van der Waals surface area contributed by atoms with E-state index in [2.05, 4.69) is 20.2 Å². The van der Waals surface area contributed by atoms with Gasteiger partial charge in [-0.25, -0.2) is 15.0 Å². The van der Waals surface area contributed by atoms with Crippen molar-refractivity contribution in [1.82, 2.24) is 19.4 Å². The number of nitrogens with one attached hydrogen (secondary N) is 1. The Labute approximate surface area is 149 Å². The molecule has 9 nitrogen and oxygen atoms in total. The van der Waals surface area contributed by atoms with Crippen LogP contribution in [0, 0.1) is 0 Å². The highest BCUT2D eigenvalue weighted by Gasteiger charge is 2.17. The van der Waals surface area contributed by atoms with E-state index in [0.717, 1.165) is 30.0 Å². The number of fused-ring (bicyclic) bond motifs is 1. The summed E-state index contributed by atoms with van der Waals surface area (Å²) in [5, 5.41) is 2.68. The van der Waals surface area contributed by atoms with Crippen LogP contribution in [0.4, 0.5) is 17.5 Å². The lowest BCUT2D eigenvalue weighted by Gasteiger charge is -2.28. The van der Waals surface area contributed by atoms with Crippen molar-refractivity contribution in [1.29, 1.82) is 0 Å². The predicted molar refractivity (Wildman–Crippen MR) is 98.0 cm³/mol. The Morgan fingerprint density at radius 2 is 2.04 bits per heavy atom. The standard InChI is InChI=1S/C17H19N7O2/c1-11(25)20-14-10-24-9-12(2-3-15(24)22-14)13-8-19-16(18)17(21-13)23-4-6-26-7-5-23/h2-3,8-10H,4-7H2,1H3,(H2,18,19)(H,20,25). The molecular weight excluding hydrogens is 334 g/mol. The zero-order valence-corrected chi connectivity index (χ0v) is 14.3. The van der Waals surface area contributed by atoms with Crippen molar-refractivity contribution < 1.29 is 9.53 Å². The van der Waals surface area contributed by atoms with Crippen molar-refractivity contribution in [3.8, 4) is 11.3 Å². The van der Waals surface area contributed by atoms with Gasteiger partial charge in [0.2, 0.25) is 5.91 Å². The van der Waals surface area contributed by atoms with Crippen molar-refractivity contribution in [3.63, 3.8) is 0 Å². The van der Waals surface area contributed by atoms with Crippen LogP contribution in [0.2, 0.25) is 0 Å². The van der Waals surface area contributed by atoms with Crippen LogP contribution in [0.15, 0.2) is 30.7 Å². The third-order valence-electron chi connectivity index (χ3n) is 4.14. The molecule has 3 N–H and O–H groups in total. The maximum Gasteiger partial charge on any atom is 0.222 e. The fourth-order valence-corrected chi connectivity index (χ4v) is 2.92. The Hall–Kier alpha value is -3.20. The third-order valence-corrected chi connectivity index (χ3v) is 4.14. The summed E-state index contributed by atoms with van der Waals surface area (Å²) in [6, 6.07) is 3.79. The highest BCUT2D eigenvalue weighted by atomic mass is 16.5. The summed E-state index contributed by atoms with van der Waals surface area (Å²) in [5.74, 6) is 1.43. The predicted octanol–water partition coefficient (Wildman–Crippen LogP) is 1.17. The molecule has 0 atom stereocenters. The molecule has 0 spiro atoms. The van der Waals surface area contributed by atoms with Gasteiger partial charge < -0.3 is 25.1 Å². The van der Waals surface area contributed by atoms with Crippen LogP contribution >= 0.6 is 0 Å². The van der Waals surface area contributed by atoms with Crippen molar-refractivity contribution >= 4 is 29.0 Å². The van der Waals surface area contributed by atoms with E-state index in [4.69, 9.17) is 15.5 Å². The third kappa shape index (κ3) is 3.16. The van der Waals surface area contributed by atoms with Crippen LogP contribution in [-0.4, -0.2) is 51.6 Å². The number of hydrogen-bond acceptors (Lipinski definition) is 7. The second-order valence-corrected chi connectivity index (χ2v) is 6.05. The fourth-order valence-electron chi connectivity index (χ4n) is 2.92. The molecule has 0 bridgehead atoms. The Kier molecular flexibility index (Phi) is 4.13. The van der Waals surface area contributed by atoms with Gasteiger partial charge in [-0.15, -0.1) is 0 Å². The van der Waals surface area contributed by atoms with Gasteiger partial charge in [-0.3, -0.25) is 4.79 Å². The molecule has 1 aliphatic rings. The number of anilines is 3. The number of nitrogens with two attached hydrogens (primary N) is 1. The molecule has 1 aliphatic heterocycles. The number of ether oxygens (including phenoxy) is 1. The van der Waals surface area contributed by atoms with E-state index in [1.54, 1.807) is 12.4 Å². The Balaban J connectivity index is 1.69. The topological polar surface area (TPSA) is 111 Å². The SMILES string of the molecule is CC(=O)Nc1cn2cc(-c3cnc(N)c(N4CCOCC4)n3)ccc2n1. The molecule has 3 aromatic heterocycles.